The number of hydrogen-bond donors (Lipinski definition) is 1. The van der Waals surface area contributed by atoms with Crippen molar-refractivity contribution in [3.63, 3.8) is 0 Å². The summed E-state index contributed by atoms with van der Waals surface area (Å²) in [5.74, 6) is 0.124. The van der Waals surface area contributed by atoms with E-state index in [9.17, 15) is 9.59 Å². The average Bonchev–Trinajstić information content (AvgIpc) is 2.64. The van der Waals surface area contributed by atoms with Crippen LogP contribution >= 0.6 is 0 Å². The number of anilines is 1. The molecule has 0 spiro atoms. The van der Waals surface area contributed by atoms with Crippen molar-refractivity contribution in [1.29, 1.82) is 0 Å². The minimum atomic E-state index is -0.00919. The van der Waals surface area contributed by atoms with Crippen molar-refractivity contribution in [2.45, 2.75) is 6.92 Å². The van der Waals surface area contributed by atoms with E-state index in [1.807, 2.05) is 17.9 Å². The summed E-state index contributed by atoms with van der Waals surface area (Å²) in [5.41, 5.74) is 7.97. The number of morpholine rings is 1. The number of benzene rings is 1. The fourth-order valence-corrected chi connectivity index (χ4v) is 3.25. The molecular weight excluding hydrogens is 320 g/mol. The van der Waals surface area contributed by atoms with Gasteiger partial charge in [-0.25, -0.2) is 0 Å². The third kappa shape index (κ3) is 4.29. The summed E-state index contributed by atoms with van der Waals surface area (Å²) < 4.78 is 5.31. The second kappa shape index (κ2) is 7.84. The van der Waals surface area contributed by atoms with Gasteiger partial charge in [0.05, 0.1) is 19.8 Å². The molecule has 0 unspecified atom stereocenters. The van der Waals surface area contributed by atoms with Gasteiger partial charge in [0.15, 0.2) is 0 Å². The molecule has 7 nitrogen and oxygen atoms in total. The molecule has 0 aliphatic carbocycles. The molecule has 0 atom stereocenters. The van der Waals surface area contributed by atoms with Crippen molar-refractivity contribution in [3.05, 3.63) is 29.3 Å². The molecule has 2 saturated heterocycles. The van der Waals surface area contributed by atoms with E-state index in [-0.39, 0.29) is 11.8 Å². The molecular formula is C18H26N4O3. The molecule has 2 fully saturated rings. The Morgan fingerprint density at radius 2 is 1.68 bits per heavy atom. The van der Waals surface area contributed by atoms with E-state index in [2.05, 4.69) is 4.90 Å². The summed E-state index contributed by atoms with van der Waals surface area (Å²) in [6.45, 7) is 7.61. The Balaban J connectivity index is 1.53. The van der Waals surface area contributed by atoms with Crippen LogP contribution in [0.3, 0.4) is 0 Å². The van der Waals surface area contributed by atoms with Gasteiger partial charge in [0.1, 0.15) is 0 Å². The van der Waals surface area contributed by atoms with Gasteiger partial charge < -0.3 is 20.3 Å². The normalized spacial score (nSPS) is 19.1. The van der Waals surface area contributed by atoms with E-state index >= 15 is 0 Å². The summed E-state index contributed by atoms with van der Waals surface area (Å²) in [6, 6.07) is 5.40. The third-order valence-electron chi connectivity index (χ3n) is 4.87. The topological polar surface area (TPSA) is 79.1 Å². The highest BCUT2D eigenvalue weighted by atomic mass is 16.5. The minimum Gasteiger partial charge on any atom is -0.399 e. The molecule has 3 rings (SSSR count). The van der Waals surface area contributed by atoms with Crippen molar-refractivity contribution in [3.8, 4) is 0 Å². The van der Waals surface area contributed by atoms with Crippen LogP contribution in [-0.4, -0.2) is 85.5 Å². The molecule has 7 heteroatoms. The number of carbonyl (C=O) groups is 2. The van der Waals surface area contributed by atoms with Gasteiger partial charge >= 0.3 is 0 Å². The molecule has 2 aliphatic rings. The first kappa shape index (κ1) is 17.7. The second-order valence-corrected chi connectivity index (χ2v) is 6.64. The Bertz CT molecular complexity index is 635. The van der Waals surface area contributed by atoms with E-state index in [0.717, 1.165) is 18.7 Å². The number of rotatable bonds is 3. The molecule has 0 radical (unpaired) electrons. The Labute approximate surface area is 148 Å². The molecule has 1 aromatic carbocycles. The van der Waals surface area contributed by atoms with Gasteiger partial charge in [-0.1, -0.05) is 6.07 Å². The summed E-state index contributed by atoms with van der Waals surface area (Å²) in [5, 5.41) is 0. The van der Waals surface area contributed by atoms with Gasteiger partial charge in [0.2, 0.25) is 5.91 Å². The summed E-state index contributed by atoms with van der Waals surface area (Å²) in [4.78, 5) is 30.9. The second-order valence-electron chi connectivity index (χ2n) is 6.64. The Morgan fingerprint density at radius 3 is 2.36 bits per heavy atom. The zero-order chi connectivity index (χ0) is 17.8. The first-order valence-corrected chi connectivity index (χ1v) is 8.78. The highest BCUT2D eigenvalue weighted by molar-refractivity contribution is 5.96. The van der Waals surface area contributed by atoms with Crippen LogP contribution in [0.4, 0.5) is 5.69 Å². The van der Waals surface area contributed by atoms with Crippen molar-refractivity contribution < 1.29 is 14.3 Å². The predicted molar refractivity (Wildman–Crippen MR) is 95.3 cm³/mol. The maximum atomic E-state index is 12.7. The lowest BCUT2D eigenvalue weighted by Crippen LogP contribution is -2.53. The zero-order valence-corrected chi connectivity index (χ0v) is 14.7. The van der Waals surface area contributed by atoms with Crippen LogP contribution in [0.1, 0.15) is 15.9 Å². The smallest absolute Gasteiger partial charge is 0.254 e. The van der Waals surface area contributed by atoms with E-state index < -0.39 is 0 Å². The van der Waals surface area contributed by atoms with Crippen molar-refractivity contribution in [1.82, 2.24) is 14.7 Å². The van der Waals surface area contributed by atoms with E-state index in [0.29, 0.717) is 57.2 Å². The van der Waals surface area contributed by atoms with E-state index in [4.69, 9.17) is 10.5 Å². The lowest BCUT2D eigenvalue weighted by molar-refractivity contribution is -0.134. The molecule has 2 N–H and O–H groups in total. The monoisotopic (exact) mass is 346 g/mol. The van der Waals surface area contributed by atoms with Gasteiger partial charge in [-0.3, -0.25) is 14.5 Å². The molecule has 136 valence electrons. The molecule has 1 aromatic rings. The first-order valence-electron chi connectivity index (χ1n) is 8.78. The van der Waals surface area contributed by atoms with Crippen molar-refractivity contribution in [2.24, 2.45) is 0 Å². The Hall–Kier alpha value is -2.12. The van der Waals surface area contributed by atoms with Gasteiger partial charge in [-0.2, -0.15) is 0 Å². The number of aryl methyl sites for hydroxylation is 1. The number of piperazine rings is 1. The van der Waals surface area contributed by atoms with Crippen molar-refractivity contribution >= 4 is 17.5 Å². The SMILES string of the molecule is Cc1ccc(N)cc1C(=O)N1CCN(C(=O)CN2CCOCC2)CC1. The molecule has 0 bridgehead atoms. The minimum absolute atomic E-state index is 0.00919. The van der Waals surface area contributed by atoms with Gasteiger partial charge in [0, 0.05) is 50.5 Å². The summed E-state index contributed by atoms with van der Waals surface area (Å²) >= 11 is 0. The molecule has 25 heavy (non-hydrogen) atoms. The number of carbonyl (C=O) groups excluding carboxylic acids is 2. The fraction of sp³-hybridized carbons (Fsp3) is 0.556. The van der Waals surface area contributed by atoms with E-state index in [1.54, 1.807) is 17.0 Å². The highest BCUT2D eigenvalue weighted by Gasteiger charge is 2.26. The molecule has 2 amide bonds. The van der Waals surface area contributed by atoms with Crippen LogP contribution in [0.15, 0.2) is 18.2 Å². The number of nitrogens with two attached hydrogens (primary N) is 1. The Kier molecular flexibility index (Phi) is 5.55. The van der Waals surface area contributed by atoms with Crippen LogP contribution in [0.25, 0.3) is 0 Å². The molecule has 2 heterocycles. The number of nitrogen functional groups attached to an aromatic ring is 1. The van der Waals surface area contributed by atoms with Crippen LogP contribution in [0.2, 0.25) is 0 Å². The number of nitrogens with zero attached hydrogens (tertiary/aromatic N) is 3. The van der Waals surface area contributed by atoms with Gasteiger partial charge in [-0.15, -0.1) is 0 Å². The van der Waals surface area contributed by atoms with Gasteiger partial charge in [0.25, 0.3) is 5.91 Å². The average molecular weight is 346 g/mol. The quantitative estimate of drug-likeness (QED) is 0.791. The van der Waals surface area contributed by atoms with Crippen LogP contribution in [0, 0.1) is 6.92 Å². The Morgan fingerprint density at radius 1 is 1.04 bits per heavy atom. The van der Waals surface area contributed by atoms with E-state index in [1.165, 1.54) is 0 Å². The molecule has 0 aromatic heterocycles. The highest BCUT2D eigenvalue weighted by Crippen LogP contribution is 2.16. The lowest BCUT2D eigenvalue weighted by Gasteiger charge is -2.36. The largest absolute Gasteiger partial charge is 0.399 e. The number of amides is 2. The third-order valence-corrected chi connectivity index (χ3v) is 4.87. The van der Waals surface area contributed by atoms with Crippen LogP contribution in [-0.2, 0) is 9.53 Å². The lowest BCUT2D eigenvalue weighted by atomic mass is 10.1. The first-order chi connectivity index (χ1) is 12.0. The van der Waals surface area contributed by atoms with Crippen LogP contribution in [0.5, 0.6) is 0 Å². The van der Waals surface area contributed by atoms with Gasteiger partial charge in [-0.05, 0) is 24.6 Å². The van der Waals surface area contributed by atoms with Crippen molar-refractivity contribution in [2.75, 3.05) is 64.8 Å². The maximum absolute atomic E-state index is 12.7. The predicted octanol–water partition coefficient (Wildman–Crippen LogP) is 0.194. The zero-order valence-electron chi connectivity index (χ0n) is 14.7. The maximum Gasteiger partial charge on any atom is 0.254 e. The molecule has 2 aliphatic heterocycles. The standard InChI is InChI=1S/C18H26N4O3/c1-14-2-3-15(19)12-16(14)18(24)22-6-4-21(5-7-22)17(23)13-20-8-10-25-11-9-20/h2-3,12H,4-11,13,19H2,1H3. The number of hydrogen-bond acceptors (Lipinski definition) is 5. The summed E-state index contributed by atoms with van der Waals surface area (Å²) in [7, 11) is 0. The van der Waals surface area contributed by atoms with Crippen LogP contribution < -0.4 is 5.73 Å². The fourth-order valence-electron chi connectivity index (χ4n) is 3.25. The molecule has 0 saturated carbocycles. The number of ether oxygens (including phenoxy) is 1. The summed E-state index contributed by atoms with van der Waals surface area (Å²) in [6.07, 6.45) is 0.